The van der Waals surface area contributed by atoms with Crippen LogP contribution < -0.4 is 10.6 Å². The molecule has 1 aromatic heterocycles. The maximum Gasteiger partial charge on any atom is 0.252 e. The highest BCUT2D eigenvalue weighted by atomic mass is 32.1. The summed E-state index contributed by atoms with van der Waals surface area (Å²) in [5.74, 6) is -0.277. The van der Waals surface area contributed by atoms with Gasteiger partial charge in [0.15, 0.2) is 0 Å². The van der Waals surface area contributed by atoms with Gasteiger partial charge in [0.1, 0.15) is 0 Å². The Balaban J connectivity index is 2.34. The minimum Gasteiger partial charge on any atom is -0.396 e. The molecule has 0 aromatic carbocycles. The summed E-state index contributed by atoms with van der Waals surface area (Å²) in [6.45, 7) is 6.40. The van der Waals surface area contributed by atoms with Crippen LogP contribution in [0.25, 0.3) is 0 Å². The molecule has 0 aliphatic heterocycles. The van der Waals surface area contributed by atoms with E-state index in [4.69, 9.17) is 5.11 Å². The van der Waals surface area contributed by atoms with Gasteiger partial charge in [-0.2, -0.15) is 11.3 Å². The van der Waals surface area contributed by atoms with E-state index >= 15 is 0 Å². The smallest absolute Gasteiger partial charge is 0.252 e. The lowest BCUT2D eigenvalue weighted by atomic mass is 9.85. The number of rotatable bonds is 7. The van der Waals surface area contributed by atoms with Crippen LogP contribution in [0.15, 0.2) is 16.8 Å². The normalized spacial score (nSPS) is 12.8. The van der Waals surface area contributed by atoms with Gasteiger partial charge >= 0.3 is 0 Å². The van der Waals surface area contributed by atoms with Crippen molar-refractivity contribution in [1.29, 1.82) is 0 Å². The van der Waals surface area contributed by atoms with Gasteiger partial charge < -0.3 is 15.7 Å². The van der Waals surface area contributed by atoms with Gasteiger partial charge in [-0.1, -0.05) is 20.8 Å². The van der Waals surface area contributed by atoms with Gasteiger partial charge in [-0.15, -0.1) is 0 Å². The number of carbonyl (C=O) groups excluding carboxylic acids is 2. The second-order valence-corrected chi connectivity index (χ2v) is 6.80. The zero-order chi connectivity index (χ0) is 15.9. The molecule has 0 radical (unpaired) electrons. The van der Waals surface area contributed by atoms with Crippen LogP contribution in [0.3, 0.4) is 0 Å². The lowest BCUT2D eigenvalue weighted by Gasteiger charge is -2.31. The van der Waals surface area contributed by atoms with Crippen LogP contribution in [0.5, 0.6) is 0 Å². The van der Waals surface area contributed by atoms with E-state index in [9.17, 15) is 9.59 Å². The Morgan fingerprint density at radius 2 is 2.10 bits per heavy atom. The summed E-state index contributed by atoms with van der Waals surface area (Å²) in [7, 11) is 0. The van der Waals surface area contributed by atoms with Gasteiger partial charge in [0.25, 0.3) is 5.91 Å². The third-order valence-corrected chi connectivity index (χ3v) is 3.90. The SMILES string of the molecule is CC(C)(C)C(CCO)NC(=O)CCNC(=O)c1ccsc1. The van der Waals surface area contributed by atoms with Crippen molar-refractivity contribution in [2.45, 2.75) is 39.7 Å². The molecule has 0 bridgehead atoms. The first-order valence-electron chi connectivity index (χ1n) is 7.05. The molecule has 21 heavy (non-hydrogen) atoms. The van der Waals surface area contributed by atoms with Gasteiger partial charge in [0, 0.05) is 36.6 Å². The van der Waals surface area contributed by atoms with Crippen LogP contribution in [0.1, 0.15) is 44.0 Å². The van der Waals surface area contributed by atoms with Crippen molar-refractivity contribution in [3.63, 3.8) is 0 Å². The number of amides is 2. The van der Waals surface area contributed by atoms with Gasteiger partial charge in [0.2, 0.25) is 5.91 Å². The molecule has 2 amide bonds. The Hall–Kier alpha value is -1.40. The number of nitrogens with one attached hydrogen (secondary N) is 2. The van der Waals surface area contributed by atoms with Crippen molar-refractivity contribution in [1.82, 2.24) is 10.6 Å². The Labute approximate surface area is 129 Å². The highest BCUT2D eigenvalue weighted by Gasteiger charge is 2.25. The maximum atomic E-state index is 11.9. The number of carbonyl (C=O) groups is 2. The summed E-state index contributed by atoms with van der Waals surface area (Å²) in [6.07, 6.45) is 0.754. The van der Waals surface area contributed by atoms with E-state index < -0.39 is 0 Å². The minimum atomic E-state index is -0.160. The molecule has 6 heteroatoms. The van der Waals surface area contributed by atoms with Crippen LogP contribution in [0.4, 0.5) is 0 Å². The Bertz CT molecular complexity index is 452. The van der Waals surface area contributed by atoms with E-state index in [1.807, 2.05) is 26.2 Å². The lowest BCUT2D eigenvalue weighted by Crippen LogP contribution is -2.45. The molecule has 118 valence electrons. The van der Waals surface area contributed by atoms with Gasteiger partial charge in [0.05, 0.1) is 0 Å². The average Bonchev–Trinajstić information content (AvgIpc) is 2.91. The van der Waals surface area contributed by atoms with E-state index in [2.05, 4.69) is 10.6 Å². The molecule has 3 N–H and O–H groups in total. The fourth-order valence-electron chi connectivity index (χ4n) is 1.90. The van der Waals surface area contributed by atoms with Crippen LogP contribution in [0, 0.1) is 5.41 Å². The standard InChI is InChI=1S/C15H24N2O3S/c1-15(2,3)12(5-8-18)17-13(19)4-7-16-14(20)11-6-9-21-10-11/h6,9-10,12,18H,4-5,7-8H2,1-3H3,(H,16,20)(H,17,19). The highest BCUT2D eigenvalue weighted by Crippen LogP contribution is 2.21. The fraction of sp³-hybridized carbons (Fsp3) is 0.600. The summed E-state index contributed by atoms with van der Waals surface area (Å²) in [5.41, 5.74) is 0.506. The van der Waals surface area contributed by atoms with Crippen LogP contribution in [-0.2, 0) is 4.79 Å². The fourth-order valence-corrected chi connectivity index (χ4v) is 2.54. The molecule has 1 rings (SSSR count). The average molecular weight is 312 g/mol. The second-order valence-electron chi connectivity index (χ2n) is 6.02. The molecule has 0 saturated carbocycles. The number of hydrogen-bond donors (Lipinski definition) is 3. The number of hydrogen-bond acceptors (Lipinski definition) is 4. The molecule has 1 unspecified atom stereocenters. The Kier molecular flexibility index (Phi) is 6.84. The van der Waals surface area contributed by atoms with Crippen molar-refractivity contribution in [2.24, 2.45) is 5.41 Å². The number of aliphatic hydroxyl groups excluding tert-OH is 1. The first kappa shape index (κ1) is 17.7. The summed E-state index contributed by atoms with van der Waals surface area (Å²) < 4.78 is 0. The zero-order valence-electron chi connectivity index (χ0n) is 12.8. The quantitative estimate of drug-likeness (QED) is 0.718. The topological polar surface area (TPSA) is 78.4 Å². The molecule has 1 atom stereocenters. The largest absolute Gasteiger partial charge is 0.396 e. The molecule has 0 aliphatic carbocycles. The molecule has 1 heterocycles. The van der Waals surface area contributed by atoms with Gasteiger partial charge in [-0.25, -0.2) is 0 Å². The van der Waals surface area contributed by atoms with E-state index in [1.165, 1.54) is 11.3 Å². The summed E-state index contributed by atoms with van der Waals surface area (Å²) in [6, 6.07) is 1.67. The Morgan fingerprint density at radius 3 is 2.62 bits per heavy atom. The molecule has 0 fully saturated rings. The monoisotopic (exact) mass is 312 g/mol. The molecule has 0 aliphatic rings. The van der Waals surface area contributed by atoms with E-state index in [1.54, 1.807) is 11.4 Å². The van der Waals surface area contributed by atoms with Crippen LogP contribution >= 0.6 is 11.3 Å². The molecule has 1 aromatic rings. The number of thiophene rings is 1. The molecule has 5 nitrogen and oxygen atoms in total. The molecular formula is C15H24N2O3S. The van der Waals surface area contributed by atoms with Crippen molar-refractivity contribution in [3.05, 3.63) is 22.4 Å². The van der Waals surface area contributed by atoms with Crippen molar-refractivity contribution < 1.29 is 14.7 Å². The molecule has 0 saturated heterocycles. The molecule has 0 spiro atoms. The summed E-state index contributed by atoms with van der Waals surface area (Å²) in [5, 5.41) is 18.3. The highest BCUT2D eigenvalue weighted by molar-refractivity contribution is 7.08. The van der Waals surface area contributed by atoms with E-state index in [-0.39, 0.29) is 36.3 Å². The Morgan fingerprint density at radius 1 is 1.38 bits per heavy atom. The van der Waals surface area contributed by atoms with Gasteiger partial charge in [-0.05, 0) is 23.3 Å². The first-order chi connectivity index (χ1) is 9.84. The van der Waals surface area contributed by atoms with Crippen LogP contribution in [0.2, 0.25) is 0 Å². The van der Waals surface area contributed by atoms with Crippen LogP contribution in [-0.4, -0.2) is 36.1 Å². The molecular weight excluding hydrogens is 288 g/mol. The second kappa shape index (κ2) is 8.14. The van der Waals surface area contributed by atoms with E-state index in [0.717, 1.165) is 0 Å². The van der Waals surface area contributed by atoms with Gasteiger partial charge in [-0.3, -0.25) is 9.59 Å². The van der Waals surface area contributed by atoms with Crippen molar-refractivity contribution in [3.8, 4) is 0 Å². The van der Waals surface area contributed by atoms with Crippen molar-refractivity contribution >= 4 is 23.2 Å². The minimum absolute atomic E-state index is 0.0388. The zero-order valence-corrected chi connectivity index (χ0v) is 13.6. The third-order valence-electron chi connectivity index (χ3n) is 3.22. The maximum absolute atomic E-state index is 11.9. The predicted molar refractivity (Wildman–Crippen MR) is 84.4 cm³/mol. The lowest BCUT2D eigenvalue weighted by molar-refractivity contribution is -0.122. The number of aliphatic hydroxyl groups is 1. The van der Waals surface area contributed by atoms with Crippen molar-refractivity contribution in [2.75, 3.05) is 13.2 Å². The first-order valence-corrected chi connectivity index (χ1v) is 7.99. The predicted octanol–water partition coefficient (Wildman–Crippen LogP) is 1.78. The van der Waals surface area contributed by atoms with E-state index in [0.29, 0.717) is 18.5 Å². The summed E-state index contributed by atoms with van der Waals surface area (Å²) in [4.78, 5) is 23.6. The summed E-state index contributed by atoms with van der Waals surface area (Å²) >= 11 is 1.46. The third kappa shape index (κ3) is 6.27.